The van der Waals surface area contributed by atoms with Crippen molar-refractivity contribution < 1.29 is 4.74 Å². The zero-order valence-electron chi connectivity index (χ0n) is 10.1. The maximum atomic E-state index is 5.32. The van der Waals surface area contributed by atoms with E-state index in [2.05, 4.69) is 37.9 Å². The van der Waals surface area contributed by atoms with Gasteiger partial charge in [-0.15, -0.1) is 0 Å². The van der Waals surface area contributed by atoms with Crippen molar-refractivity contribution in [2.75, 3.05) is 26.7 Å². The molecule has 0 radical (unpaired) electrons. The third-order valence-electron chi connectivity index (χ3n) is 3.11. The van der Waals surface area contributed by atoms with Crippen molar-refractivity contribution in [1.29, 1.82) is 0 Å². The fourth-order valence-corrected chi connectivity index (χ4v) is 1.88. The quantitative estimate of drug-likeness (QED) is 0.738. The highest BCUT2D eigenvalue weighted by Crippen LogP contribution is 2.18. The van der Waals surface area contributed by atoms with Gasteiger partial charge in [0.05, 0.1) is 6.10 Å². The Kier molecular flexibility index (Phi) is 3.93. The molecular formula is C11H24N2O. The number of hydrogen-bond donors (Lipinski definition) is 1. The highest BCUT2D eigenvalue weighted by Gasteiger charge is 2.32. The molecule has 0 aromatic heterocycles. The molecule has 0 aromatic rings. The summed E-state index contributed by atoms with van der Waals surface area (Å²) in [6.07, 6.45) is 0.319. The summed E-state index contributed by atoms with van der Waals surface area (Å²) < 4.78 is 5.32. The van der Waals surface area contributed by atoms with E-state index in [-0.39, 0.29) is 5.54 Å². The number of hydrogen-bond acceptors (Lipinski definition) is 3. The second kappa shape index (κ2) is 4.60. The van der Waals surface area contributed by atoms with E-state index in [0.29, 0.717) is 12.1 Å². The van der Waals surface area contributed by atoms with Gasteiger partial charge in [-0.1, -0.05) is 0 Å². The molecule has 0 saturated carbocycles. The van der Waals surface area contributed by atoms with Crippen LogP contribution in [0.1, 0.15) is 27.7 Å². The highest BCUT2D eigenvalue weighted by molar-refractivity contribution is 4.91. The van der Waals surface area contributed by atoms with Gasteiger partial charge in [0.15, 0.2) is 0 Å². The predicted octanol–water partition coefficient (Wildman–Crippen LogP) is 1.09. The van der Waals surface area contributed by atoms with Crippen molar-refractivity contribution in [2.45, 2.75) is 45.4 Å². The van der Waals surface area contributed by atoms with Gasteiger partial charge in [-0.3, -0.25) is 4.90 Å². The normalized spacial score (nSPS) is 30.2. The second-order valence-corrected chi connectivity index (χ2v) is 5.05. The summed E-state index contributed by atoms with van der Waals surface area (Å²) in [6, 6.07) is 0.590. The first-order valence-electron chi connectivity index (χ1n) is 5.47. The summed E-state index contributed by atoms with van der Waals surface area (Å²) in [5.41, 5.74) is 0.249. The molecule has 0 bridgehead atoms. The smallest absolute Gasteiger partial charge is 0.0670 e. The molecule has 3 heteroatoms. The molecule has 0 aromatic carbocycles. The fraction of sp³-hybridized carbons (Fsp3) is 1.00. The molecule has 1 rings (SSSR count). The standard InChI is InChI=1S/C11H24N2O/c1-9-6-13(7-10(2)14-5)11(3,4)8-12-9/h9-10,12H,6-8H2,1-5H3. The minimum Gasteiger partial charge on any atom is -0.380 e. The Morgan fingerprint density at radius 1 is 1.57 bits per heavy atom. The molecule has 1 aliphatic heterocycles. The van der Waals surface area contributed by atoms with Gasteiger partial charge in [-0.25, -0.2) is 0 Å². The molecule has 84 valence electrons. The minimum atomic E-state index is 0.249. The summed E-state index contributed by atoms with van der Waals surface area (Å²) in [6.45, 7) is 12.1. The van der Waals surface area contributed by atoms with Crippen molar-refractivity contribution in [3.8, 4) is 0 Å². The number of ether oxygens (including phenoxy) is 1. The van der Waals surface area contributed by atoms with E-state index in [0.717, 1.165) is 19.6 Å². The van der Waals surface area contributed by atoms with E-state index in [4.69, 9.17) is 4.74 Å². The first-order chi connectivity index (χ1) is 6.45. The minimum absolute atomic E-state index is 0.249. The molecule has 14 heavy (non-hydrogen) atoms. The van der Waals surface area contributed by atoms with Gasteiger partial charge in [-0.2, -0.15) is 0 Å². The number of nitrogens with one attached hydrogen (secondary N) is 1. The van der Waals surface area contributed by atoms with Gasteiger partial charge in [-0.05, 0) is 27.7 Å². The van der Waals surface area contributed by atoms with Crippen LogP contribution in [-0.2, 0) is 4.74 Å². The van der Waals surface area contributed by atoms with E-state index in [1.54, 1.807) is 7.11 Å². The van der Waals surface area contributed by atoms with Crippen molar-refractivity contribution in [3.05, 3.63) is 0 Å². The molecule has 2 unspecified atom stereocenters. The third-order valence-corrected chi connectivity index (χ3v) is 3.11. The summed E-state index contributed by atoms with van der Waals surface area (Å²) in [5.74, 6) is 0. The molecule has 0 aliphatic carbocycles. The van der Waals surface area contributed by atoms with Crippen molar-refractivity contribution in [3.63, 3.8) is 0 Å². The van der Waals surface area contributed by atoms with Gasteiger partial charge in [0, 0.05) is 38.3 Å². The van der Waals surface area contributed by atoms with Crippen molar-refractivity contribution in [1.82, 2.24) is 10.2 Å². The third kappa shape index (κ3) is 2.94. The van der Waals surface area contributed by atoms with Crippen LogP contribution in [0.2, 0.25) is 0 Å². The molecule has 3 nitrogen and oxygen atoms in total. The van der Waals surface area contributed by atoms with Crippen LogP contribution in [0.15, 0.2) is 0 Å². The Labute approximate surface area is 87.8 Å². The van der Waals surface area contributed by atoms with E-state index in [1.807, 2.05) is 0 Å². The Bertz CT molecular complexity index is 182. The lowest BCUT2D eigenvalue weighted by Gasteiger charge is -2.46. The Morgan fingerprint density at radius 3 is 2.79 bits per heavy atom. The van der Waals surface area contributed by atoms with Crippen molar-refractivity contribution in [2.24, 2.45) is 0 Å². The van der Waals surface area contributed by atoms with Crippen molar-refractivity contribution >= 4 is 0 Å². The van der Waals surface area contributed by atoms with Gasteiger partial charge in [0.25, 0.3) is 0 Å². The maximum Gasteiger partial charge on any atom is 0.0670 e. The molecule has 1 N–H and O–H groups in total. The number of nitrogens with zero attached hydrogens (tertiary/aromatic N) is 1. The first kappa shape index (κ1) is 12.0. The lowest BCUT2D eigenvalue weighted by Crippen LogP contribution is -2.62. The Balaban J connectivity index is 2.54. The number of methoxy groups -OCH3 is 1. The van der Waals surface area contributed by atoms with E-state index in [9.17, 15) is 0 Å². The average molecular weight is 200 g/mol. The molecule has 1 heterocycles. The summed E-state index contributed by atoms with van der Waals surface area (Å²) in [4.78, 5) is 2.52. The van der Waals surface area contributed by atoms with E-state index < -0.39 is 0 Å². The molecule has 1 fully saturated rings. The topological polar surface area (TPSA) is 24.5 Å². The zero-order chi connectivity index (χ0) is 10.8. The molecule has 2 atom stereocenters. The van der Waals surface area contributed by atoms with Crippen LogP contribution in [0.4, 0.5) is 0 Å². The maximum absolute atomic E-state index is 5.32. The van der Waals surface area contributed by atoms with Gasteiger partial charge in [0.2, 0.25) is 0 Å². The molecule has 1 aliphatic rings. The fourth-order valence-electron chi connectivity index (χ4n) is 1.88. The number of piperazine rings is 1. The first-order valence-corrected chi connectivity index (χ1v) is 5.47. The second-order valence-electron chi connectivity index (χ2n) is 5.05. The largest absolute Gasteiger partial charge is 0.380 e. The van der Waals surface area contributed by atoms with Crippen LogP contribution in [-0.4, -0.2) is 49.3 Å². The Morgan fingerprint density at radius 2 is 2.21 bits per heavy atom. The Hall–Kier alpha value is -0.120. The SMILES string of the molecule is COC(C)CN1CC(C)NCC1(C)C. The molecular weight excluding hydrogens is 176 g/mol. The van der Waals surface area contributed by atoms with E-state index in [1.165, 1.54) is 0 Å². The summed E-state index contributed by atoms with van der Waals surface area (Å²) in [7, 11) is 1.78. The van der Waals surface area contributed by atoms with Crippen LogP contribution < -0.4 is 5.32 Å². The molecule has 0 spiro atoms. The van der Waals surface area contributed by atoms with Gasteiger partial charge < -0.3 is 10.1 Å². The average Bonchev–Trinajstić information content (AvgIpc) is 2.12. The van der Waals surface area contributed by atoms with Gasteiger partial charge >= 0.3 is 0 Å². The molecule has 1 saturated heterocycles. The lowest BCUT2D eigenvalue weighted by molar-refractivity contribution is 0.0108. The zero-order valence-corrected chi connectivity index (χ0v) is 10.1. The predicted molar refractivity (Wildman–Crippen MR) is 59.6 cm³/mol. The van der Waals surface area contributed by atoms with Crippen LogP contribution in [0, 0.1) is 0 Å². The highest BCUT2D eigenvalue weighted by atomic mass is 16.5. The molecule has 0 amide bonds. The number of rotatable bonds is 3. The summed E-state index contributed by atoms with van der Waals surface area (Å²) in [5, 5.41) is 3.51. The monoisotopic (exact) mass is 200 g/mol. The van der Waals surface area contributed by atoms with Gasteiger partial charge in [0.1, 0.15) is 0 Å². The van der Waals surface area contributed by atoms with Crippen LogP contribution in [0.25, 0.3) is 0 Å². The van der Waals surface area contributed by atoms with Crippen LogP contribution in [0.5, 0.6) is 0 Å². The lowest BCUT2D eigenvalue weighted by atomic mass is 9.97. The van der Waals surface area contributed by atoms with Crippen LogP contribution in [0.3, 0.4) is 0 Å². The summed E-state index contributed by atoms with van der Waals surface area (Å²) >= 11 is 0. The van der Waals surface area contributed by atoms with Crippen LogP contribution >= 0.6 is 0 Å². The van der Waals surface area contributed by atoms with E-state index >= 15 is 0 Å².